The highest BCUT2D eigenvalue weighted by molar-refractivity contribution is 5.81. The molecule has 1 fully saturated rings. The summed E-state index contributed by atoms with van der Waals surface area (Å²) in [6, 6.07) is 9.26. The second-order valence-corrected chi connectivity index (χ2v) is 4.63. The Morgan fingerprint density at radius 2 is 2.22 bits per heavy atom. The molecule has 0 bridgehead atoms. The van der Waals surface area contributed by atoms with E-state index in [9.17, 15) is 9.90 Å². The molecule has 0 saturated carbocycles. The van der Waals surface area contributed by atoms with E-state index in [1.165, 1.54) is 0 Å². The molecule has 1 aromatic rings. The predicted octanol–water partition coefficient (Wildman–Crippen LogP) is -0.0513. The number of carbonyl (C=O) groups excluding carboxylic acids is 1. The van der Waals surface area contributed by atoms with Gasteiger partial charge < -0.3 is 10.4 Å². The SMILES string of the molecule is CC1NNCC1CNC(=O)[C@@H](O)c1ccccc1. The third-order valence-corrected chi connectivity index (χ3v) is 3.30. The van der Waals surface area contributed by atoms with E-state index in [0.717, 1.165) is 6.54 Å². The van der Waals surface area contributed by atoms with Crippen molar-refractivity contribution in [1.29, 1.82) is 0 Å². The highest BCUT2D eigenvalue weighted by Crippen LogP contribution is 2.12. The molecule has 2 rings (SSSR count). The summed E-state index contributed by atoms with van der Waals surface area (Å²) >= 11 is 0. The van der Waals surface area contributed by atoms with Crippen molar-refractivity contribution in [3.63, 3.8) is 0 Å². The van der Waals surface area contributed by atoms with E-state index in [4.69, 9.17) is 0 Å². The molecule has 2 unspecified atom stereocenters. The molecule has 1 aromatic carbocycles. The molecule has 98 valence electrons. The Morgan fingerprint density at radius 1 is 1.50 bits per heavy atom. The van der Waals surface area contributed by atoms with Crippen LogP contribution in [-0.4, -0.2) is 30.1 Å². The van der Waals surface area contributed by atoms with Gasteiger partial charge >= 0.3 is 0 Å². The smallest absolute Gasteiger partial charge is 0.253 e. The van der Waals surface area contributed by atoms with Gasteiger partial charge in [-0.05, 0) is 12.5 Å². The fourth-order valence-electron chi connectivity index (χ4n) is 2.01. The highest BCUT2D eigenvalue weighted by Gasteiger charge is 2.24. The van der Waals surface area contributed by atoms with Gasteiger partial charge in [-0.3, -0.25) is 15.6 Å². The Morgan fingerprint density at radius 3 is 2.83 bits per heavy atom. The largest absolute Gasteiger partial charge is 0.378 e. The standard InChI is InChI=1S/C13H19N3O2/c1-9-11(8-15-16-9)7-14-13(18)12(17)10-5-3-2-4-6-10/h2-6,9,11-12,15-17H,7-8H2,1H3,(H,14,18)/t9?,11?,12-/m0/s1. The van der Waals surface area contributed by atoms with Crippen molar-refractivity contribution < 1.29 is 9.90 Å². The Balaban J connectivity index is 1.84. The zero-order valence-corrected chi connectivity index (χ0v) is 10.4. The summed E-state index contributed by atoms with van der Waals surface area (Å²) in [6.07, 6.45) is -1.09. The van der Waals surface area contributed by atoms with E-state index in [1.54, 1.807) is 24.3 Å². The summed E-state index contributed by atoms with van der Waals surface area (Å²) in [4.78, 5) is 11.8. The normalized spacial score (nSPS) is 24.8. The number of aliphatic hydroxyl groups is 1. The first-order valence-corrected chi connectivity index (χ1v) is 6.17. The van der Waals surface area contributed by atoms with Gasteiger partial charge in [-0.25, -0.2) is 0 Å². The zero-order chi connectivity index (χ0) is 13.0. The molecule has 1 aliphatic rings. The van der Waals surface area contributed by atoms with Gasteiger partial charge in [0.25, 0.3) is 5.91 Å². The van der Waals surface area contributed by atoms with Crippen LogP contribution >= 0.6 is 0 Å². The molecule has 18 heavy (non-hydrogen) atoms. The number of hydrogen-bond donors (Lipinski definition) is 4. The van der Waals surface area contributed by atoms with Crippen LogP contribution in [-0.2, 0) is 4.79 Å². The van der Waals surface area contributed by atoms with Crippen LogP contribution in [0.4, 0.5) is 0 Å². The summed E-state index contributed by atoms with van der Waals surface area (Å²) in [6.45, 7) is 3.44. The predicted molar refractivity (Wildman–Crippen MR) is 68.5 cm³/mol. The summed E-state index contributed by atoms with van der Waals surface area (Å²) in [5, 5.41) is 12.7. The minimum Gasteiger partial charge on any atom is -0.378 e. The summed E-state index contributed by atoms with van der Waals surface area (Å²) < 4.78 is 0. The van der Waals surface area contributed by atoms with E-state index in [2.05, 4.69) is 23.1 Å². The molecule has 4 N–H and O–H groups in total. The van der Waals surface area contributed by atoms with Crippen LogP contribution in [0.1, 0.15) is 18.6 Å². The monoisotopic (exact) mass is 249 g/mol. The molecular formula is C13H19N3O2. The average molecular weight is 249 g/mol. The molecule has 0 aliphatic carbocycles. The van der Waals surface area contributed by atoms with Crippen LogP contribution in [0.15, 0.2) is 30.3 Å². The lowest BCUT2D eigenvalue weighted by Gasteiger charge is -2.16. The number of nitrogens with one attached hydrogen (secondary N) is 3. The lowest BCUT2D eigenvalue weighted by Crippen LogP contribution is -2.37. The van der Waals surface area contributed by atoms with Gasteiger partial charge in [-0.1, -0.05) is 30.3 Å². The van der Waals surface area contributed by atoms with Crippen LogP contribution in [0, 0.1) is 5.92 Å². The number of carbonyl (C=O) groups is 1. The van der Waals surface area contributed by atoms with Gasteiger partial charge in [-0.15, -0.1) is 0 Å². The molecule has 0 aromatic heterocycles. The van der Waals surface area contributed by atoms with E-state index in [1.807, 2.05) is 6.07 Å². The third kappa shape index (κ3) is 3.07. The Hall–Kier alpha value is -1.43. The molecule has 5 nitrogen and oxygen atoms in total. The lowest BCUT2D eigenvalue weighted by molar-refractivity contribution is -0.129. The molecule has 0 radical (unpaired) electrons. The Kier molecular flexibility index (Phi) is 4.30. The molecule has 1 saturated heterocycles. The summed E-state index contributed by atoms with van der Waals surface area (Å²) in [5.41, 5.74) is 6.75. The molecule has 1 aliphatic heterocycles. The van der Waals surface area contributed by atoms with Crippen molar-refractivity contribution >= 4 is 5.91 Å². The second-order valence-electron chi connectivity index (χ2n) is 4.63. The lowest BCUT2D eigenvalue weighted by atomic mass is 10.0. The number of amides is 1. The third-order valence-electron chi connectivity index (χ3n) is 3.30. The van der Waals surface area contributed by atoms with Crippen LogP contribution < -0.4 is 16.2 Å². The Bertz CT molecular complexity index is 396. The van der Waals surface area contributed by atoms with Crippen molar-refractivity contribution in [3.05, 3.63) is 35.9 Å². The number of aliphatic hydroxyl groups excluding tert-OH is 1. The fraction of sp³-hybridized carbons (Fsp3) is 0.462. The van der Waals surface area contributed by atoms with Gasteiger partial charge in [0.2, 0.25) is 0 Å². The number of hydrogen-bond acceptors (Lipinski definition) is 4. The van der Waals surface area contributed by atoms with Crippen LogP contribution in [0.3, 0.4) is 0 Å². The van der Waals surface area contributed by atoms with Crippen LogP contribution in [0.2, 0.25) is 0 Å². The van der Waals surface area contributed by atoms with Gasteiger partial charge in [-0.2, -0.15) is 0 Å². The van der Waals surface area contributed by atoms with Crippen molar-refractivity contribution in [2.45, 2.75) is 19.1 Å². The highest BCUT2D eigenvalue weighted by atomic mass is 16.3. The second kappa shape index (κ2) is 5.95. The summed E-state index contributed by atoms with van der Waals surface area (Å²) in [5.74, 6) is -0.00257. The topological polar surface area (TPSA) is 73.4 Å². The molecule has 5 heteroatoms. The van der Waals surface area contributed by atoms with Crippen molar-refractivity contribution in [2.24, 2.45) is 5.92 Å². The molecular weight excluding hydrogens is 230 g/mol. The van der Waals surface area contributed by atoms with Gasteiger partial charge in [0.1, 0.15) is 0 Å². The molecule has 1 heterocycles. The zero-order valence-electron chi connectivity index (χ0n) is 10.4. The van der Waals surface area contributed by atoms with Gasteiger partial charge in [0.05, 0.1) is 0 Å². The van der Waals surface area contributed by atoms with Crippen molar-refractivity contribution in [1.82, 2.24) is 16.2 Å². The number of rotatable bonds is 4. The van der Waals surface area contributed by atoms with Crippen LogP contribution in [0.5, 0.6) is 0 Å². The first-order chi connectivity index (χ1) is 8.68. The number of benzene rings is 1. The molecule has 1 amide bonds. The maximum absolute atomic E-state index is 11.8. The first-order valence-electron chi connectivity index (χ1n) is 6.17. The Labute approximate surface area is 107 Å². The van der Waals surface area contributed by atoms with Crippen LogP contribution in [0.25, 0.3) is 0 Å². The van der Waals surface area contributed by atoms with Crippen molar-refractivity contribution in [2.75, 3.05) is 13.1 Å². The summed E-state index contributed by atoms with van der Waals surface area (Å²) in [7, 11) is 0. The van der Waals surface area contributed by atoms with E-state index >= 15 is 0 Å². The van der Waals surface area contributed by atoms with Crippen molar-refractivity contribution in [3.8, 4) is 0 Å². The minimum atomic E-state index is -1.09. The molecule has 3 atom stereocenters. The van der Waals surface area contributed by atoms with E-state index in [-0.39, 0.29) is 5.91 Å². The number of hydrazine groups is 1. The minimum absolute atomic E-state index is 0.319. The van der Waals surface area contributed by atoms with E-state index < -0.39 is 6.10 Å². The average Bonchev–Trinajstić information content (AvgIpc) is 2.81. The van der Waals surface area contributed by atoms with Gasteiger partial charge in [0.15, 0.2) is 6.10 Å². The fourth-order valence-corrected chi connectivity index (χ4v) is 2.01. The van der Waals surface area contributed by atoms with E-state index in [0.29, 0.717) is 24.1 Å². The maximum atomic E-state index is 11.8. The molecule has 0 spiro atoms. The quantitative estimate of drug-likeness (QED) is 0.603. The van der Waals surface area contributed by atoms with Gasteiger partial charge in [0, 0.05) is 25.0 Å². The first kappa shape index (κ1) is 13.0. The maximum Gasteiger partial charge on any atom is 0.253 e.